The van der Waals surface area contributed by atoms with E-state index in [1.54, 1.807) is 0 Å². The Morgan fingerprint density at radius 1 is 1.25 bits per heavy atom. The van der Waals surface area contributed by atoms with Gasteiger partial charge in [0.25, 0.3) is 0 Å². The third-order valence-electron chi connectivity index (χ3n) is 2.54. The lowest BCUT2D eigenvalue weighted by Crippen LogP contribution is -2.41. The molecule has 0 spiro atoms. The van der Waals surface area contributed by atoms with Gasteiger partial charge in [-0.15, -0.1) is 4.72 Å². The molecule has 8 heteroatoms. The summed E-state index contributed by atoms with van der Waals surface area (Å²) in [6, 6.07) is -0.350. The van der Waals surface area contributed by atoms with Crippen LogP contribution in [0.25, 0.3) is 0 Å². The predicted molar refractivity (Wildman–Crippen MR) is 71.1 cm³/mol. The molecule has 1 aromatic rings. The molecule has 0 radical (unpaired) electrons. The quantitative estimate of drug-likeness (QED) is 0.869. The maximum absolute atomic E-state index is 12.4. The molecular weight excluding hydrogens is 291 g/mol. The summed E-state index contributed by atoms with van der Waals surface area (Å²) in [6.45, 7) is 7.28. The van der Waals surface area contributed by atoms with Crippen LogP contribution in [0.3, 0.4) is 0 Å². The summed E-state index contributed by atoms with van der Waals surface area (Å²) in [7, 11) is 0. The molecule has 4 nitrogen and oxygen atoms in total. The van der Waals surface area contributed by atoms with Gasteiger partial charge in [-0.25, -0.2) is 9.97 Å². The van der Waals surface area contributed by atoms with Gasteiger partial charge < -0.3 is 4.55 Å². The van der Waals surface area contributed by atoms with Crippen LogP contribution in [0.2, 0.25) is 0 Å². The lowest BCUT2D eigenvalue weighted by atomic mass is 10.1. The van der Waals surface area contributed by atoms with Crippen molar-refractivity contribution in [2.45, 2.75) is 51.1 Å². The highest BCUT2D eigenvalue weighted by atomic mass is 32.2. The maximum atomic E-state index is 12.4. The highest BCUT2D eigenvalue weighted by Crippen LogP contribution is 2.27. The van der Waals surface area contributed by atoms with Crippen molar-refractivity contribution in [2.24, 2.45) is 0 Å². The summed E-state index contributed by atoms with van der Waals surface area (Å²) in [6.07, 6.45) is -1.74. The molecule has 1 rings (SSSR count). The SMILES string of the molecule is CCC(N[S+]([O-])C(C)(C)C)c1cnc(C(F)(F)F)nc1. The van der Waals surface area contributed by atoms with E-state index in [4.69, 9.17) is 0 Å². The lowest BCUT2D eigenvalue weighted by Gasteiger charge is -2.27. The second kappa shape index (κ2) is 6.28. The Morgan fingerprint density at radius 3 is 2.10 bits per heavy atom. The van der Waals surface area contributed by atoms with Crippen LogP contribution in [0, 0.1) is 0 Å². The smallest absolute Gasteiger partial charge is 0.451 e. The molecule has 0 saturated carbocycles. The number of nitrogens with one attached hydrogen (secondary N) is 1. The van der Waals surface area contributed by atoms with Gasteiger partial charge >= 0.3 is 6.18 Å². The van der Waals surface area contributed by atoms with Crippen LogP contribution < -0.4 is 4.72 Å². The molecule has 0 amide bonds. The fraction of sp³-hybridized carbons (Fsp3) is 0.667. The third-order valence-corrected chi connectivity index (χ3v) is 4.15. The van der Waals surface area contributed by atoms with Crippen molar-refractivity contribution in [2.75, 3.05) is 0 Å². The van der Waals surface area contributed by atoms with E-state index >= 15 is 0 Å². The molecule has 0 aliphatic heterocycles. The second-order valence-corrected chi connectivity index (χ2v) is 7.30. The predicted octanol–water partition coefficient (Wildman–Crippen LogP) is 3.00. The maximum Gasteiger partial charge on any atom is 0.451 e. The Balaban J connectivity index is 2.86. The summed E-state index contributed by atoms with van der Waals surface area (Å²) in [4.78, 5) is 6.63. The van der Waals surface area contributed by atoms with E-state index in [1.807, 2.05) is 27.7 Å². The Bertz CT molecular complexity index is 431. The first-order valence-corrected chi connectivity index (χ1v) is 7.28. The van der Waals surface area contributed by atoms with Crippen LogP contribution in [0.4, 0.5) is 13.2 Å². The largest absolute Gasteiger partial charge is 0.598 e. The van der Waals surface area contributed by atoms with Crippen LogP contribution >= 0.6 is 0 Å². The molecule has 0 fully saturated rings. The van der Waals surface area contributed by atoms with Gasteiger partial charge in [0, 0.05) is 29.3 Å². The minimum atomic E-state index is -4.55. The lowest BCUT2D eigenvalue weighted by molar-refractivity contribution is -0.145. The average molecular weight is 309 g/mol. The van der Waals surface area contributed by atoms with E-state index in [9.17, 15) is 17.7 Å². The molecule has 0 aromatic carbocycles. The number of hydrogen-bond acceptors (Lipinski definition) is 4. The minimum Gasteiger partial charge on any atom is -0.598 e. The first-order chi connectivity index (χ1) is 9.05. The zero-order valence-corrected chi connectivity index (χ0v) is 12.6. The topological polar surface area (TPSA) is 60.9 Å². The van der Waals surface area contributed by atoms with Gasteiger partial charge in [0.05, 0.1) is 6.04 Å². The van der Waals surface area contributed by atoms with E-state index in [0.717, 1.165) is 12.4 Å². The fourth-order valence-electron chi connectivity index (χ4n) is 1.36. The van der Waals surface area contributed by atoms with E-state index in [2.05, 4.69) is 14.7 Å². The Kier molecular flexibility index (Phi) is 5.39. The minimum absolute atomic E-state index is 0.350. The second-order valence-electron chi connectivity index (χ2n) is 5.30. The molecule has 0 bridgehead atoms. The van der Waals surface area contributed by atoms with E-state index in [-0.39, 0.29) is 6.04 Å². The van der Waals surface area contributed by atoms with Crippen LogP contribution in [0.15, 0.2) is 12.4 Å². The van der Waals surface area contributed by atoms with Crippen LogP contribution in [-0.2, 0) is 17.5 Å². The van der Waals surface area contributed by atoms with Gasteiger partial charge in [-0.05, 0) is 27.2 Å². The van der Waals surface area contributed by atoms with Gasteiger partial charge in [0.1, 0.15) is 4.75 Å². The van der Waals surface area contributed by atoms with Crippen molar-refractivity contribution in [1.82, 2.24) is 14.7 Å². The molecule has 2 atom stereocenters. The van der Waals surface area contributed by atoms with Gasteiger partial charge in [-0.3, -0.25) is 0 Å². The molecule has 1 heterocycles. The molecule has 114 valence electrons. The zero-order valence-electron chi connectivity index (χ0n) is 11.8. The number of hydrogen-bond donors (Lipinski definition) is 1. The summed E-state index contributed by atoms with van der Waals surface area (Å²) < 4.78 is 51.6. The summed E-state index contributed by atoms with van der Waals surface area (Å²) >= 11 is -1.32. The Morgan fingerprint density at radius 2 is 1.75 bits per heavy atom. The molecule has 1 aromatic heterocycles. The van der Waals surface area contributed by atoms with E-state index in [1.165, 1.54) is 0 Å². The highest BCUT2D eigenvalue weighted by molar-refractivity contribution is 7.90. The highest BCUT2D eigenvalue weighted by Gasteiger charge is 2.35. The van der Waals surface area contributed by atoms with Crippen LogP contribution in [0.5, 0.6) is 0 Å². The molecule has 0 aliphatic rings. The molecular formula is C12H18F3N3OS. The zero-order chi connectivity index (χ0) is 15.6. The molecule has 20 heavy (non-hydrogen) atoms. The first kappa shape index (κ1) is 17.2. The van der Waals surface area contributed by atoms with Crippen molar-refractivity contribution < 1.29 is 17.7 Å². The standard InChI is InChI=1S/C12H18F3N3OS/c1-5-9(18-20(19)11(2,3)4)8-6-16-10(17-7-8)12(13,14)15/h6-7,9,18H,5H2,1-4H3. The van der Waals surface area contributed by atoms with Crippen molar-refractivity contribution in [3.8, 4) is 0 Å². The van der Waals surface area contributed by atoms with Crippen molar-refractivity contribution in [1.29, 1.82) is 0 Å². The number of nitrogens with zero attached hydrogens (tertiary/aromatic N) is 2. The molecule has 2 unspecified atom stereocenters. The monoisotopic (exact) mass is 309 g/mol. The number of rotatable bonds is 4. The van der Waals surface area contributed by atoms with Crippen molar-refractivity contribution in [3.63, 3.8) is 0 Å². The van der Waals surface area contributed by atoms with Crippen molar-refractivity contribution >= 4 is 11.4 Å². The van der Waals surface area contributed by atoms with Crippen LogP contribution in [0.1, 0.15) is 51.5 Å². The third kappa shape index (κ3) is 4.60. The van der Waals surface area contributed by atoms with E-state index in [0.29, 0.717) is 12.0 Å². The number of aromatic nitrogens is 2. The summed E-state index contributed by atoms with van der Waals surface area (Å²) in [5.74, 6) is -1.17. The Hall–Kier alpha value is -0.860. The van der Waals surface area contributed by atoms with Gasteiger partial charge in [0.15, 0.2) is 0 Å². The van der Waals surface area contributed by atoms with Gasteiger partial charge in [-0.1, -0.05) is 6.92 Å². The van der Waals surface area contributed by atoms with Crippen LogP contribution in [-0.4, -0.2) is 19.3 Å². The van der Waals surface area contributed by atoms with Crippen molar-refractivity contribution in [3.05, 3.63) is 23.8 Å². The Labute approximate surface area is 119 Å². The normalized spacial score (nSPS) is 16.0. The summed E-state index contributed by atoms with van der Waals surface area (Å²) in [5.41, 5.74) is 0.484. The molecule has 0 saturated heterocycles. The number of alkyl halides is 3. The summed E-state index contributed by atoms with van der Waals surface area (Å²) in [5, 5.41) is 0. The molecule has 0 aliphatic carbocycles. The average Bonchev–Trinajstić information content (AvgIpc) is 2.33. The fourth-order valence-corrected chi connectivity index (χ4v) is 2.27. The molecule has 1 N–H and O–H groups in total. The van der Waals surface area contributed by atoms with Gasteiger partial charge in [-0.2, -0.15) is 13.2 Å². The number of halogens is 3. The first-order valence-electron chi connectivity index (χ1n) is 6.13. The van der Waals surface area contributed by atoms with E-state index < -0.39 is 28.1 Å². The van der Waals surface area contributed by atoms with Gasteiger partial charge in [0.2, 0.25) is 5.82 Å².